The van der Waals surface area contributed by atoms with Crippen LogP contribution in [0, 0.1) is 5.92 Å². The standard InChI is InChI=1S/C15H17N3O2S/c19-15(11-1-2-11)18-6-3-10(4-7-18)13-16-17-14(20-13)12-5-8-21-9-12/h5,8-11H,1-4,6-7H2. The van der Waals surface area contributed by atoms with Crippen molar-refractivity contribution < 1.29 is 9.21 Å². The molecule has 2 fully saturated rings. The van der Waals surface area contributed by atoms with Crippen molar-refractivity contribution in [2.24, 2.45) is 5.92 Å². The predicted octanol–water partition coefficient (Wildman–Crippen LogP) is 2.91. The van der Waals surface area contributed by atoms with Crippen LogP contribution in [0.2, 0.25) is 0 Å². The molecule has 3 heterocycles. The van der Waals surface area contributed by atoms with E-state index in [9.17, 15) is 4.79 Å². The molecule has 0 radical (unpaired) electrons. The Labute approximate surface area is 127 Å². The maximum absolute atomic E-state index is 12.0. The summed E-state index contributed by atoms with van der Waals surface area (Å²) in [4.78, 5) is 14.0. The average Bonchev–Trinajstić information content (AvgIpc) is 3.03. The molecule has 0 N–H and O–H groups in total. The molecular formula is C15H17N3O2S. The van der Waals surface area contributed by atoms with Gasteiger partial charge in [-0.05, 0) is 37.1 Å². The minimum absolute atomic E-state index is 0.285. The molecule has 0 spiro atoms. The maximum Gasteiger partial charge on any atom is 0.248 e. The first kappa shape index (κ1) is 13.0. The molecule has 1 amide bonds. The summed E-state index contributed by atoms with van der Waals surface area (Å²) in [7, 11) is 0. The number of hydrogen-bond donors (Lipinski definition) is 0. The highest BCUT2D eigenvalue weighted by atomic mass is 32.1. The number of hydrogen-bond acceptors (Lipinski definition) is 5. The van der Waals surface area contributed by atoms with E-state index in [-0.39, 0.29) is 5.92 Å². The van der Waals surface area contributed by atoms with Crippen molar-refractivity contribution in [1.29, 1.82) is 0 Å². The molecule has 1 saturated heterocycles. The highest BCUT2D eigenvalue weighted by Gasteiger charge is 2.35. The summed E-state index contributed by atoms with van der Waals surface area (Å²) in [6.45, 7) is 1.63. The molecule has 2 aromatic rings. The van der Waals surface area contributed by atoms with E-state index < -0.39 is 0 Å². The topological polar surface area (TPSA) is 59.2 Å². The van der Waals surface area contributed by atoms with Gasteiger partial charge in [0, 0.05) is 35.9 Å². The number of piperidine rings is 1. The van der Waals surface area contributed by atoms with E-state index in [1.54, 1.807) is 11.3 Å². The Kier molecular flexibility index (Phi) is 3.25. The molecule has 6 heteroatoms. The Morgan fingerprint density at radius 2 is 2.05 bits per heavy atom. The van der Waals surface area contributed by atoms with Gasteiger partial charge < -0.3 is 9.32 Å². The lowest BCUT2D eigenvalue weighted by atomic mass is 9.96. The Hall–Kier alpha value is -1.69. The molecule has 0 atom stereocenters. The highest BCUT2D eigenvalue weighted by Crippen LogP contribution is 2.34. The van der Waals surface area contributed by atoms with Gasteiger partial charge in [-0.25, -0.2) is 0 Å². The Bertz CT molecular complexity index is 625. The van der Waals surface area contributed by atoms with Crippen LogP contribution in [0.3, 0.4) is 0 Å². The fourth-order valence-electron chi connectivity index (χ4n) is 2.84. The molecule has 21 heavy (non-hydrogen) atoms. The number of likely N-dealkylation sites (tertiary alicyclic amines) is 1. The quantitative estimate of drug-likeness (QED) is 0.874. The first-order chi connectivity index (χ1) is 10.3. The van der Waals surface area contributed by atoms with Crippen LogP contribution in [0.5, 0.6) is 0 Å². The van der Waals surface area contributed by atoms with E-state index >= 15 is 0 Å². The van der Waals surface area contributed by atoms with E-state index in [0.29, 0.717) is 17.7 Å². The number of rotatable bonds is 3. The first-order valence-electron chi connectivity index (χ1n) is 7.46. The maximum atomic E-state index is 12.0. The van der Waals surface area contributed by atoms with Gasteiger partial charge in [0.15, 0.2) is 0 Å². The average molecular weight is 303 g/mol. The smallest absolute Gasteiger partial charge is 0.248 e. The molecule has 2 aromatic heterocycles. The molecule has 110 valence electrons. The van der Waals surface area contributed by atoms with Crippen molar-refractivity contribution in [3.05, 3.63) is 22.7 Å². The van der Waals surface area contributed by atoms with Crippen molar-refractivity contribution in [3.63, 3.8) is 0 Å². The third-order valence-electron chi connectivity index (χ3n) is 4.29. The molecule has 1 saturated carbocycles. The minimum Gasteiger partial charge on any atom is -0.420 e. The second-order valence-electron chi connectivity index (χ2n) is 5.83. The lowest BCUT2D eigenvalue weighted by Crippen LogP contribution is -2.38. The van der Waals surface area contributed by atoms with Crippen LogP contribution >= 0.6 is 11.3 Å². The number of aromatic nitrogens is 2. The largest absolute Gasteiger partial charge is 0.420 e. The van der Waals surface area contributed by atoms with Crippen LogP contribution in [-0.4, -0.2) is 34.1 Å². The molecule has 1 aliphatic heterocycles. The van der Waals surface area contributed by atoms with E-state index in [0.717, 1.165) is 50.2 Å². The van der Waals surface area contributed by atoms with Gasteiger partial charge >= 0.3 is 0 Å². The number of nitrogens with zero attached hydrogens (tertiary/aromatic N) is 3. The van der Waals surface area contributed by atoms with Gasteiger partial charge in [-0.1, -0.05) is 0 Å². The molecule has 0 aromatic carbocycles. The Morgan fingerprint density at radius 1 is 1.24 bits per heavy atom. The van der Waals surface area contributed by atoms with Crippen LogP contribution in [0.15, 0.2) is 21.2 Å². The summed E-state index contributed by atoms with van der Waals surface area (Å²) >= 11 is 1.62. The van der Waals surface area contributed by atoms with E-state index in [1.807, 2.05) is 21.7 Å². The van der Waals surface area contributed by atoms with Crippen LogP contribution < -0.4 is 0 Å². The van der Waals surface area contributed by atoms with E-state index in [1.165, 1.54) is 0 Å². The fourth-order valence-corrected chi connectivity index (χ4v) is 3.47. The summed E-state index contributed by atoms with van der Waals surface area (Å²) in [5, 5.41) is 12.3. The summed E-state index contributed by atoms with van der Waals surface area (Å²) in [5.41, 5.74) is 0.986. The normalized spacial score (nSPS) is 19.9. The summed E-state index contributed by atoms with van der Waals surface area (Å²) < 4.78 is 5.80. The zero-order valence-electron chi connectivity index (χ0n) is 11.7. The van der Waals surface area contributed by atoms with Gasteiger partial charge in [0.25, 0.3) is 0 Å². The van der Waals surface area contributed by atoms with Gasteiger partial charge in [0.1, 0.15) is 0 Å². The van der Waals surface area contributed by atoms with Crippen LogP contribution in [0.1, 0.15) is 37.5 Å². The number of carbonyl (C=O) groups excluding carboxylic acids is 1. The zero-order chi connectivity index (χ0) is 14.2. The lowest BCUT2D eigenvalue weighted by molar-refractivity contribution is -0.133. The van der Waals surface area contributed by atoms with Crippen LogP contribution in [0.25, 0.3) is 11.5 Å². The monoisotopic (exact) mass is 303 g/mol. The summed E-state index contributed by atoms with van der Waals surface area (Å²) in [5.74, 6) is 2.26. The third-order valence-corrected chi connectivity index (χ3v) is 4.97. The van der Waals surface area contributed by atoms with Gasteiger partial charge in [-0.3, -0.25) is 4.79 Å². The second-order valence-corrected chi connectivity index (χ2v) is 6.61. The molecule has 2 aliphatic rings. The van der Waals surface area contributed by atoms with Crippen molar-refractivity contribution in [2.75, 3.05) is 13.1 Å². The van der Waals surface area contributed by atoms with Gasteiger partial charge in [0.2, 0.25) is 17.7 Å². The van der Waals surface area contributed by atoms with Crippen LogP contribution in [0.4, 0.5) is 0 Å². The second kappa shape index (κ2) is 5.26. The lowest BCUT2D eigenvalue weighted by Gasteiger charge is -2.30. The van der Waals surface area contributed by atoms with Crippen molar-refractivity contribution >= 4 is 17.2 Å². The Morgan fingerprint density at radius 3 is 2.71 bits per heavy atom. The predicted molar refractivity (Wildman–Crippen MR) is 78.9 cm³/mol. The van der Waals surface area contributed by atoms with Crippen molar-refractivity contribution in [1.82, 2.24) is 15.1 Å². The SMILES string of the molecule is O=C(C1CC1)N1CCC(c2nnc(-c3ccsc3)o2)CC1. The van der Waals surface area contributed by atoms with E-state index in [4.69, 9.17) is 4.42 Å². The number of carbonyl (C=O) groups is 1. The fraction of sp³-hybridized carbons (Fsp3) is 0.533. The number of amides is 1. The molecule has 4 rings (SSSR count). The third kappa shape index (κ3) is 2.60. The number of thiophene rings is 1. The van der Waals surface area contributed by atoms with Crippen molar-refractivity contribution in [3.8, 4) is 11.5 Å². The van der Waals surface area contributed by atoms with Gasteiger partial charge in [0.05, 0.1) is 0 Å². The molecule has 1 aliphatic carbocycles. The van der Waals surface area contributed by atoms with Gasteiger partial charge in [-0.2, -0.15) is 11.3 Å². The first-order valence-corrected chi connectivity index (χ1v) is 8.40. The molecular weight excluding hydrogens is 286 g/mol. The molecule has 5 nitrogen and oxygen atoms in total. The molecule has 0 bridgehead atoms. The Balaban J connectivity index is 1.41. The highest BCUT2D eigenvalue weighted by molar-refractivity contribution is 7.08. The van der Waals surface area contributed by atoms with Gasteiger partial charge in [-0.15, -0.1) is 10.2 Å². The molecule has 0 unspecified atom stereocenters. The van der Waals surface area contributed by atoms with E-state index in [2.05, 4.69) is 10.2 Å². The summed E-state index contributed by atoms with van der Waals surface area (Å²) in [6, 6.07) is 1.98. The summed E-state index contributed by atoms with van der Waals surface area (Å²) in [6.07, 6.45) is 3.99. The van der Waals surface area contributed by atoms with Crippen molar-refractivity contribution in [2.45, 2.75) is 31.6 Å². The zero-order valence-corrected chi connectivity index (χ0v) is 12.5. The van der Waals surface area contributed by atoms with Crippen LogP contribution in [-0.2, 0) is 4.79 Å². The minimum atomic E-state index is 0.285.